The summed E-state index contributed by atoms with van der Waals surface area (Å²) in [5.41, 5.74) is 7.36. The monoisotopic (exact) mass is 485 g/mol. The molecule has 0 N–H and O–H groups in total. The van der Waals surface area contributed by atoms with Gasteiger partial charge >= 0.3 is 0 Å². The summed E-state index contributed by atoms with van der Waals surface area (Å²) in [7, 11) is -1.07. The van der Waals surface area contributed by atoms with E-state index in [0.29, 0.717) is 5.92 Å². The zero-order chi connectivity index (χ0) is 23.3. The topological polar surface area (TPSA) is 56.0 Å². The molecule has 0 saturated carbocycles. The number of nitrogens with zero attached hydrogens (tertiary/aromatic N) is 5. The number of aromatic nitrogens is 5. The van der Waals surface area contributed by atoms with Gasteiger partial charge in [-0.3, -0.25) is 9.97 Å². The van der Waals surface area contributed by atoms with Crippen LogP contribution in [0.2, 0.25) is 19.6 Å². The summed E-state index contributed by atoms with van der Waals surface area (Å²) in [6.07, 6.45) is 8.57. The Hall–Kier alpha value is -1.90. The molecule has 5 nitrogen and oxygen atoms in total. The third kappa shape index (κ3) is 5.71. The lowest BCUT2D eigenvalue weighted by atomic mass is 9.94. The standard InChI is InChI=1S/C18H24N4S.C6H11NSSi/c1-5-7-14(8-6-2)15-9-12(3)20-18-17(13(4)21-22(15)18)16-10-19-11-23-16;1-9(2,3)6-7-4-5-8-6/h9-11,14H,5-8H2,1-4H3;4-5H,1-3H3. The van der Waals surface area contributed by atoms with Crippen molar-refractivity contribution < 1.29 is 0 Å². The number of hydrogen-bond acceptors (Lipinski definition) is 6. The Balaban J connectivity index is 0.000000269. The predicted molar refractivity (Wildman–Crippen MR) is 141 cm³/mol. The van der Waals surface area contributed by atoms with E-state index in [2.05, 4.69) is 67.9 Å². The van der Waals surface area contributed by atoms with Gasteiger partial charge in [0.25, 0.3) is 0 Å². The van der Waals surface area contributed by atoms with Gasteiger partial charge in [0.05, 0.1) is 26.3 Å². The molecule has 0 spiro atoms. The molecule has 4 aromatic rings. The fraction of sp³-hybridized carbons (Fsp3) is 0.500. The maximum Gasteiger partial charge on any atom is 0.164 e. The van der Waals surface area contributed by atoms with Crippen molar-refractivity contribution in [1.29, 1.82) is 0 Å². The second-order valence-electron chi connectivity index (χ2n) is 9.25. The summed E-state index contributed by atoms with van der Waals surface area (Å²) < 4.78 is 3.43. The number of hydrogen-bond donors (Lipinski definition) is 0. The molecule has 0 radical (unpaired) electrons. The minimum atomic E-state index is -1.07. The molecule has 8 heteroatoms. The average Bonchev–Trinajstić information content (AvgIpc) is 3.48. The number of rotatable bonds is 7. The Morgan fingerprint density at radius 2 is 1.78 bits per heavy atom. The van der Waals surface area contributed by atoms with Gasteiger partial charge in [-0.25, -0.2) is 9.50 Å². The predicted octanol–water partition coefficient (Wildman–Crippen LogP) is 6.84. The molecule has 0 aliphatic heterocycles. The highest BCUT2D eigenvalue weighted by Gasteiger charge is 2.21. The van der Waals surface area contributed by atoms with Gasteiger partial charge in [0.2, 0.25) is 0 Å². The van der Waals surface area contributed by atoms with E-state index in [1.807, 2.05) is 23.3 Å². The maximum atomic E-state index is 4.83. The first-order chi connectivity index (χ1) is 15.3. The van der Waals surface area contributed by atoms with Crippen molar-refractivity contribution in [1.82, 2.24) is 24.6 Å². The Morgan fingerprint density at radius 1 is 1.06 bits per heavy atom. The molecule has 0 aromatic carbocycles. The lowest BCUT2D eigenvalue weighted by Crippen LogP contribution is -2.36. The molecule has 0 saturated heterocycles. The first kappa shape index (κ1) is 24.7. The number of fused-ring (bicyclic) bond motifs is 1. The molecule has 172 valence electrons. The van der Waals surface area contributed by atoms with E-state index in [-0.39, 0.29) is 0 Å². The third-order valence-electron chi connectivity index (χ3n) is 5.36. The number of thiazole rings is 2. The van der Waals surface area contributed by atoms with E-state index in [1.165, 1.54) is 36.0 Å². The minimum absolute atomic E-state index is 0.544. The number of aryl methyl sites for hydroxylation is 2. The maximum absolute atomic E-state index is 4.83. The van der Waals surface area contributed by atoms with Crippen molar-refractivity contribution in [3.63, 3.8) is 0 Å². The van der Waals surface area contributed by atoms with Gasteiger partial charge in [-0.05, 0) is 32.8 Å². The molecule has 4 heterocycles. The molecule has 0 unspecified atom stereocenters. The van der Waals surface area contributed by atoms with Crippen LogP contribution in [-0.4, -0.2) is 32.6 Å². The molecule has 32 heavy (non-hydrogen) atoms. The highest BCUT2D eigenvalue weighted by Crippen LogP contribution is 2.33. The Labute approximate surface area is 201 Å². The summed E-state index contributed by atoms with van der Waals surface area (Å²) in [6.45, 7) is 15.6. The van der Waals surface area contributed by atoms with E-state index in [9.17, 15) is 0 Å². The van der Waals surface area contributed by atoms with Crippen LogP contribution in [0.5, 0.6) is 0 Å². The van der Waals surface area contributed by atoms with Gasteiger partial charge in [0.1, 0.15) is 8.07 Å². The molecule has 0 aliphatic carbocycles. The summed E-state index contributed by atoms with van der Waals surface area (Å²) in [5.74, 6) is 0.544. The Bertz CT molecular complexity index is 1110. The van der Waals surface area contributed by atoms with E-state index in [4.69, 9.17) is 10.1 Å². The normalized spacial score (nSPS) is 11.8. The molecule has 4 rings (SSSR count). The van der Waals surface area contributed by atoms with Crippen molar-refractivity contribution in [3.8, 4) is 10.4 Å². The van der Waals surface area contributed by atoms with Gasteiger partial charge in [-0.15, -0.1) is 22.7 Å². The molecule has 0 atom stereocenters. The molecule has 4 aromatic heterocycles. The van der Waals surface area contributed by atoms with Crippen molar-refractivity contribution >= 4 is 41.0 Å². The van der Waals surface area contributed by atoms with Crippen molar-refractivity contribution in [3.05, 3.63) is 46.4 Å². The Kier molecular flexibility index (Phi) is 8.36. The van der Waals surface area contributed by atoms with Crippen molar-refractivity contribution in [2.75, 3.05) is 0 Å². The van der Waals surface area contributed by atoms with Gasteiger partial charge in [0, 0.05) is 35.1 Å². The van der Waals surface area contributed by atoms with Crippen LogP contribution in [0.1, 0.15) is 62.5 Å². The van der Waals surface area contributed by atoms with Gasteiger partial charge in [-0.1, -0.05) is 46.3 Å². The lowest BCUT2D eigenvalue weighted by molar-refractivity contribution is 0.533. The summed E-state index contributed by atoms with van der Waals surface area (Å²) in [5, 5.41) is 6.88. The Morgan fingerprint density at radius 3 is 2.28 bits per heavy atom. The quantitative estimate of drug-likeness (QED) is 0.269. The second kappa shape index (κ2) is 10.8. The van der Waals surface area contributed by atoms with Crippen LogP contribution < -0.4 is 4.63 Å². The molecule has 0 amide bonds. The third-order valence-corrected chi connectivity index (χ3v) is 10.3. The fourth-order valence-corrected chi connectivity index (χ4v) is 7.09. The van der Waals surface area contributed by atoms with Crippen LogP contribution in [0.4, 0.5) is 0 Å². The zero-order valence-corrected chi connectivity index (χ0v) is 23.0. The largest absolute Gasteiger partial charge is 0.255 e. The van der Waals surface area contributed by atoms with Crippen LogP contribution in [0, 0.1) is 13.8 Å². The SMILES string of the molecule is CCCC(CCC)c1cc(C)nc2c(-c3cncs3)c(C)nn12.C[Si](C)(C)c1nccs1. The summed E-state index contributed by atoms with van der Waals surface area (Å²) in [6, 6.07) is 2.21. The molecule has 0 bridgehead atoms. The smallest absolute Gasteiger partial charge is 0.164 e. The van der Waals surface area contributed by atoms with E-state index < -0.39 is 8.07 Å². The van der Waals surface area contributed by atoms with Crippen molar-refractivity contribution in [2.24, 2.45) is 0 Å². The molecular formula is C24H35N5S2Si. The van der Waals surface area contributed by atoms with Crippen LogP contribution in [-0.2, 0) is 0 Å². The first-order valence-electron chi connectivity index (χ1n) is 11.4. The zero-order valence-electron chi connectivity index (χ0n) is 20.3. The van der Waals surface area contributed by atoms with Crippen LogP contribution >= 0.6 is 22.7 Å². The summed E-state index contributed by atoms with van der Waals surface area (Å²) >= 11 is 3.43. The minimum Gasteiger partial charge on any atom is -0.255 e. The summed E-state index contributed by atoms with van der Waals surface area (Å²) in [4.78, 5) is 14.4. The van der Waals surface area contributed by atoms with Gasteiger partial charge < -0.3 is 0 Å². The van der Waals surface area contributed by atoms with Crippen LogP contribution in [0.25, 0.3) is 16.1 Å². The highest BCUT2D eigenvalue weighted by atomic mass is 32.1. The van der Waals surface area contributed by atoms with Gasteiger partial charge in [-0.2, -0.15) is 5.10 Å². The molecular weight excluding hydrogens is 451 g/mol. The second-order valence-corrected chi connectivity index (χ2v) is 16.4. The van der Waals surface area contributed by atoms with E-state index >= 15 is 0 Å². The van der Waals surface area contributed by atoms with Crippen LogP contribution in [0.15, 0.2) is 29.4 Å². The van der Waals surface area contributed by atoms with Crippen LogP contribution in [0.3, 0.4) is 0 Å². The van der Waals surface area contributed by atoms with E-state index in [1.54, 1.807) is 22.7 Å². The first-order valence-corrected chi connectivity index (χ1v) is 16.7. The average molecular weight is 486 g/mol. The van der Waals surface area contributed by atoms with Crippen molar-refractivity contribution in [2.45, 2.75) is 78.9 Å². The molecule has 0 fully saturated rings. The fourth-order valence-electron chi connectivity index (χ4n) is 3.92. The van der Waals surface area contributed by atoms with E-state index in [0.717, 1.165) is 27.5 Å². The lowest BCUT2D eigenvalue weighted by Gasteiger charge is -2.17. The molecule has 0 aliphatic rings. The highest BCUT2D eigenvalue weighted by molar-refractivity contribution is 7.24. The van der Waals surface area contributed by atoms with Gasteiger partial charge in [0.15, 0.2) is 5.65 Å².